The third-order valence-electron chi connectivity index (χ3n) is 2.90. The molecule has 0 saturated carbocycles. The van der Waals surface area contributed by atoms with Crippen molar-refractivity contribution in [2.24, 2.45) is 0 Å². The van der Waals surface area contributed by atoms with E-state index < -0.39 is 16.8 Å². The van der Waals surface area contributed by atoms with Gasteiger partial charge in [-0.05, 0) is 29.2 Å². The van der Waals surface area contributed by atoms with Gasteiger partial charge in [-0.3, -0.25) is 4.79 Å². The normalized spacial score (nSPS) is 10.5. The highest BCUT2D eigenvalue weighted by atomic mass is 19.1. The Balaban J connectivity index is 1.64. The minimum absolute atomic E-state index is 0.147. The van der Waals surface area contributed by atoms with Gasteiger partial charge in [0.1, 0.15) is 12.4 Å². The average Bonchev–Trinajstić information content (AvgIpc) is 3.17. The Morgan fingerprint density at radius 2 is 2.12 bits per heavy atom. The third-order valence-corrected chi connectivity index (χ3v) is 2.90. The number of benzene rings is 1. The van der Waals surface area contributed by atoms with Gasteiger partial charge in [-0.1, -0.05) is 10.1 Å². The zero-order chi connectivity index (χ0) is 17.1. The predicted molar refractivity (Wildman–Crippen MR) is 77.2 cm³/mol. The Labute approximate surface area is 133 Å². The molecule has 0 saturated heterocycles. The highest BCUT2D eigenvalue weighted by molar-refractivity contribution is 5.89. The molecule has 0 atom stereocenters. The molecule has 1 aromatic carbocycles. The first-order chi connectivity index (χ1) is 11.5. The molecule has 24 heavy (non-hydrogen) atoms. The summed E-state index contributed by atoms with van der Waals surface area (Å²) in [6.07, 6.45) is 1.07. The van der Waals surface area contributed by atoms with Crippen LogP contribution < -0.4 is 5.32 Å². The minimum Gasteiger partial charge on any atom is -0.390 e. The maximum absolute atomic E-state index is 12.9. The van der Waals surface area contributed by atoms with Crippen LogP contribution in [0.4, 0.5) is 16.2 Å². The first-order valence-electron chi connectivity index (χ1n) is 6.57. The molecule has 10 nitrogen and oxygen atoms in total. The SMILES string of the molecule is O=C(Cn1cnc([N+](=O)[O-])n1)Nc1cc(-c2ccc(F)cc2)on1. The lowest BCUT2D eigenvalue weighted by Gasteiger charge is -1.98. The van der Waals surface area contributed by atoms with E-state index in [0.717, 1.165) is 11.0 Å². The van der Waals surface area contributed by atoms with E-state index in [1.807, 2.05) is 0 Å². The number of nitrogens with zero attached hydrogens (tertiary/aromatic N) is 5. The van der Waals surface area contributed by atoms with Gasteiger partial charge in [-0.2, -0.15) is 4.68 Å². The highest BCUT2D eigenvalue weighted by Gasteiger charge is 2.16. The van der Waals surface area contributed by atoms with Gasteiger partial charge in [0.2, 0.25) is 12.2 Å². The number of carbonyl (C=O) groups is 1. The molecule has 3 aromatic rings. The first kappa shape index (κ1) is 15.3. The van der Waals surface area contributed by atoms with Crippen molar-refractivity contribution >= 4 is 17.7 Å². The number of amides is 1. The van der Waals surface area contributed by atoms with E-state index in [1.54, 1.807) is 0 Å². The summed E-state index contributed by atoms with van der Waals surface area (Å²) < 4.78 is 19.0. The van der Waals surface area contributed by atoms with Gasteiger partial charge >= 0.3 is 5.95 Å². The molecular weight excluding hydrogens is 323 g/mol. The Morgan fingerprint density at radius 3 is 2.79 bits per heavy atom. The molecule has 2 aromatic heterocycles. The number of halogens is 1. The lowest BCUT2D eigenvalue weighted by atomic mass is 10.2. The maximum Gasteiger partial charge on any atom is 0.490 e. The number of nitro groups is 1. The minimum atomic E-state index is -0.763. The van der Waals surface area contributed by atoms with E-state index in [4.69, 9.17) is 4.52 Å². The molecule has 11 heteroatoms. The van der Waals surface area contributed by atoms with Crippen LogP contribution >= 0.6 is 0 Å². The molecule has 0 aliphatic heterocycles. The Bertz CT molecular complexity index is 888. The molecule has 0 radical (unpaired) electrons. The van der Waals surface area contributed by atoms with Crippen LogP contribution in [0.5, 0.6) is 0 Å². The van der Waals surface area contributed by atoms with E-state index in [0.29, 0.717) is 11.3 Å². The third kappa shape index (κ3) is 3.40. The van der Waals surface area contributed by atoms with Crippen molar-refractivity contribution in [2.45, 2.75) is 6.54 Å². The molecule has 0 fully saturated rings. The number of nitrogens with one attached hydrogen (secondary N) is 1. The van der Waals surface area contributed by atoms with Gasteiger partial charge in [-0.25, -0.2) is 4.39 Å². The average molecular weight is 332 g/mol. The van der Waals surface area contributed by atoms with Gasteiger partial charge in [0.25, 0.3) is 0 Å². The van der Waals surface area contributed by atoms with Gasteiger partial charge in [0.05, 0.1) is 0 Å². The summed E-state index contributed by atoms with van der Waals surface area (Å²) in [6, 6.07) is 7.03. The van der Waals surface area contributed by atoms with Gasteiger partial charge < -0.3 is 20.0 Å². The Kier molecular flexibility index (Phi) is 3.97. The van der Waals surface area contributed by atoms with E-state index in [2.05, 4.69) is 20.6 Å². The fourth-order valence-electron chi connectivity index (χ4n) is 1.86. The number of aromatic nitrogens is 4. The summed E-state index contributed by atoms with van der Waals surface area (Å²) in [5.41, 5.74) is 0.594. The van der Waals surface area contributed by atoms with Crippen LogP contribution in [0.25, 0.3) is 11.3 Å². The van der Waals surface area contributed by atoms with Crippen LogP contribution in [0.1, 0.15) is 0 Å². The topological polar surface area (TPSA) is 129 Å². The monoisotopic (exact) mass is 332 g/mol. The van der Waals surface area contributed by atoms with Crippen LogP contribution in [-0.2, 0) is 11.3 Å². The summed E-state index contributed by atoms with van der Waals surface area (Å²) in [7, 11) is 0. The van der Waals surface area contributed by atoms with E-state index in [-0.39, 0.29) is 18.2 Å². The van der Waals surface area contributed by atoms with Crippen molar-refractivity contribution in [3.8, 4) is 11.3 Å². The van der Waals surface area contributed by atoms with Crippen molar-refractivity contribution in [2.75, 3.05) is 5.32 Å². The van der Waals surface area contributed by atoms with Crippen LogP contribution in [0, 0.1) is 15.9 Å². The van der Waals surface area contributed by atoms with Crippen molar-refractivity contribution in [3.63, 3.8) is 0 Å². The Hall–Kier alpha value is -3.63. The van der Waals surface area contributed by atoms with Crippen LogP contribution in [-0.4, -0.2) is 30.8 Å². The molecule has 1 N–H and O–H groups in total. The van der Waals surface area contributed by atoms with Gasteiger partial charge in [0, 0.05) is 16.7 Å². The molecule has 2 heterocycles. The molecular formula is C13H9FN6O4. The molecule has 3 rings (SSSR count). The van der Waals surface area contributed by atoms with Crippen molar-refractivity contribution < 1.29 is 18.6 Å². The zero-order valence-corrected chi connectivity index (χ0v) is 11.9. The molecule has 0 aliphatic carbocycles. The van der Waals surface area contributed by atoms with E-state index in [9.17, 15) is 19.3 Å². The number of hydrogen-bond donors (Lipinski definition) is 1. The summed E-state index contributed by atoms with van der Waals surface area (Å²) in [4.78, 5) is 25.0. The Morgan fingerprint density at radius 1 is 1.38 bits per heavy atom. The number of hydrogen-bond acceptors (Lipinski definition) is 7. The largest absolute Gasteiger partial charge is 0.490 e. The molecule has 0 spiro atoms. The van der Waals surface area contributed by atoms with Crippen LogP contribution in [0.15, 0.2) is 41.2 Å². The number of rotatable bonds is 5. The molecule has 0 bridgehead atoms. The molecule has 122 valence electrons. The standard InChI is InChI=1S/C13H9FN6O4/c14-9-3-1-8(2-4-9)10-5-11(18-24-10)16-12(21)6-19-7-15-13(17-19)20(22)23/h1-5,7H,6H2,(H,16,18,21). The first-order valence-corrected chi connectivity index (χ1v) is 6.57. The number of anilines is 1. The zero-order valence-electron chi connectivity index (χ0n) is 11.9. The molecule has 0 aliphatic rings. The summed E-state index contributed by atoms with van der Waals surface area (Å²) in [5.74, 6) is -0.999. The molecule has 0 unspecified atom stereocenters. The van der Waals surface area contributed by atoms with Crippen molar-refractivity contribution in [1.29, 1.82) is 0 Å². The fraction of sp³-hybridized carbons (Fsp3) is 0.0769. The van der Waals surface area contributed by atoms with Crippen molar-refractivity contribution in [3.05, 3.63) is 52.6 Å². The van der Waals surface area contributed by atoms with Gasteiger partial charge in [0.15, 0.2) is 11.6 Å². The molecule has 1 amide bonds. The fourth-order valence-corrected chi connectivity index (χ4v) is 1.86. The second-order valence-corrected chi connectivity index (χ2v) is 4.63. The predicted octanol–water partition coefficient (Wildman–Crippen LogP) is 1.62. The van der Waals surface area contributed by atoms with Gasteiger partial charge in [-0.15, -0.1) is 0 Å². The van der Waals surface area contributed by atoms with Crippen LogP contribution in [0.3, 0.4) is 0 Å². The lowest BCUT2D eigenvalue weighted by Crippen LogP contribution is -2.19. The van der Waals surface area contributed by atoms with E-state index >= 15 is 0 Å². The lowest BCUT2D eigenvalue weighted by molar-refractivity contribution is -0.394. The second kappa shape index (κ2) is 6.24. The van der Waals surface area contributed by atoms with Crippen LogP contribution in [0.2, 0.25) is 0 Å². The quantitative estimate of drug-likeness (QED) is 0.555. The summed E-state index contributed by atoms with van der Waals surface area (Å²) in [6.45, 7) is -0.278. The second-order valence-electron chi connectivity index (χ2n) is 4.63. The summed E-state index contributed by atoms with van der Waals surface area (Å²) in [5, 5.41) is 20.1. The number of carbonyl (C=O) groups excluding carboxylic acids is 1. The summed E-state index contributed by atoms with van der Waals surface area (Å²) >= 11 is 0. The smallest absolute Gasteiger partial charge is 0.390 e. The highest BCUT2D eigenvalue weighted by Crippen LogP contribution is 2.22. The maximum atomic E-state index is 12.9. The van der Waals surface area contributed by atoms with E-state index in [1.165, 1.54) is 30.3 Å². The van der Waals surface area contributed by atoms with Crippen molar-refractivity contribution in [1.82, 2.24) is 19.9 Å².